The molecule has 0 bridgehead atoms. The van der Waals surface area contributed by atoms with Gasteiger partial charge in [0.15, 0.2) is 0 Å². The van der Waals surface area contributed by atoms with Gasteiger partial charge in [0.2, 0.25) is 0 Å². The molecular weight excluding hydrogens is 461 g/mol. The van der Waals surface area contributed by atoms with Gasteiger partial charge in [0.05, 0.1) is 23.8 Å². The van der Waals surface area contributed by atoms with Crippen molar-refractivity contribution < 1.29 is 18.7 Å². The number of carbonyl (C=O) groups excluding carboxylic acids is 1. The quantitative estimate of drug-likeness (QED) is 0.587. The molecule has 2 aromatic carbocycles. The lowest BCUT2D eigenvalue weighted by atomic mass is 10.1. The smallest absolute Gasteiger partial charge is 0.320 e. The molecule has 0 radical (unpaired) electrons. The maximum absolute atomic E-state index is 13.5. The van der Waals surface area contributed by atoms with E-state index < -0.39 is 5.82 Å². The van der Waals surface area contributed by atoms with Crippen LogP contribution in [0.3, 0.4) is 0 Å². The Morgan fingerprint density at radius 1 is 1.06 bits per heavy atom. The van der Waals surface area contributed by atoms with Gasteiger partial charge in [0.25, 0.3) is 0 Å². The molecule has 0 unspecified atom stereocenters. The van der Waals surface area contributed by atoms with Crippen LogP contribution in [0.2, 0.25) is 5.02 Å². The van der Waals surface area contributed by atoms with Crippen LogP contribution < -0.4 is 10.1 Å². The number of piperidine rings is 1. The van der Waals surface area contributed by atoms with Crippen LogP contribution in [0.1, 0.15) is 12.8 Å². The monoisotopic (exact) mass is 485 g/mol. The predicted octanol–water partition coefficient (Wildman–Crippen LogP) is 4.46. The summed E-state index contributed by atoms with van der Waals surface area (Å²) in [5, 5.41) is 3.99. The molecule has 178 valence electrons. The van der Waals surface area contributed by atoms with Gasteiger partial charge in [-0.1, -0.05) is 11.6 Å². The van der Waals surface area contributed by atoms with Crippen molar-refractivity contribution in [1.29, 1.82) is 0 Å². The van der Waals surface area contributed by atoms with E-state index in [2.05, 4.69) is 15.3 Å². The predicted molar refractivity (Wildman–Crippen MR) is 127 cm³/mol. The summed E-state index contributed by atoms with van der Waals surface area (Å²) in [7, 11) is 0. The number of nitrogens with zero attached hydrogens (tertiary/aromatic N) is 4. The molecule has 0 aliphatic carbocycles. The number of urea groups is 1. The van der Waals surface area contributed by atoms with Crippen molar-refractivity contribution in [3.05, 3.63) is 53.6 Å². The minimum Gasteiger partial charge on any atom is -0.490 e. The Kier molecular flexibility index (Phi) is 6.64. The molecule has 5 rings (SSSR count). The summed E-state index contributed by atoms with van der Waals surface area (Å²) in [6.07, 6.45) is 3.01. The van der Waals surface area contributed by atoms with Crippen LogP contribution in [-0.4, -0.2) is 71.3 Å². The Labute approximate surface area is 201 Å². The SMILES string of the molecule is O=C(N1CCOCC1)N1CCC(Oc2ccc3ncnc(Nc4ccc(F)c(Cl)c4)c3c2)CC1. The van der Waals surface area contributed by atoms with E-state index in [0.717, 1.165) is 23.7 Å². The number of hydrogen-bond donors (Lipinski definition) is 1. The Bertz CT molecular complexity index is 1180. The minimum atomic E-state index is -0.479. The highest BCUT2D eigenvalue weighted by molar-refractivity contribution is 6.31. The van der Waals surface area contributed by atoms with E-state index in [1.807, 2.05) is 28.0 Å². The van der Waals surface area contributed by atoms with Crippen LogP contribution in [0.4, 0.5) is 20.7 Å². The van der Waals surface area contributed by atoms with Crippen LogP contribution in [-0.2, 0) is 4.74 Å². The molecule has 1 N–H and O–H groups in total. The number of likely N-dealkylation sites (tertiary alicyclic amines) is 1. The van der Waals surface area contributed by atoms with Crippen LogP contribution >= 0.6 is 11.6 Å². The number of ether oxygens (including phenoxy) is 2. The van der Waals surface area contributed by atoms with E-state index in [4.69, 9.17) is 21.1 Å². The summed E-state index contributed by atoms with van der Waals surface area (Å²) in [4.78, 5) is 25.1. The molecule has 3 aromatic rings. The Hall–Kier alpha value is -3.17. The largest absolute Gasteiger partial charge is 0.490 e. The van der Waals surface area contributed by atoms with Gasteiger partial charge in [-0.15, -0.1) is 0 Å². The number of rotatable bonds is 4. The van der Waals surface area contributed by atoms with Crippen molar-refractivity contribution in [1.82, 2.24) is 19.8 Å². The molecule has 0 saturated carbocycles. The van der Waals surface area contributed by atoms with Gasteiger partial charge in [-0.3, -0.25) is 0 Å². The van der Waals surface area contributed by atoms with E-state index in [1.165, 1.54) is 18.5 Å². The highest BCUT2D eigenvalue weighted by Crippen LogP contribution is 2.29. The fraction of sp³-hybridized carbons (Fsp3) is 0.375. The first-order valence-electron chi connectivity index (χ1n) is 11.3. The number of fused-ring (bicyclic) bond motifs is 1. The van der Waals surface area contributed by atoms with Crippen molar-refractivity contribution in [2.24, 2.45) is 0 Å². The molecular formula is C24H25ClFN5O3. The molecule has 8 nitrogen and oxygen atoms in total. The standard InChI is InChI=1S/C24H25ClFN5O3/c25-20-13-16(1-3-21(20)26)29-23-19-14-18(2-4-22(19)27-15-28-23)34-17-5-7-30(8-6-17)24(32)31-9-11-33-12-10-31/h1-4,13-15,17H,5-12H2,(H,27,28,29). The number of hydrogen-bond acceptors (Lipinski definition) is 6. The summed E-state index contributed by atoms with van der Waals surface area (Å²) in [6.45, 7) is 3.82. The van der Waals surface area contributed by atoms with Gasteiger partial charge in [-0.2, -0.15) is 0 Å². The van der Waals surface area contributed by atoms with E-state index in [9.17, 15) is 9.18 Å². The minimum absolute atomic E-state index is 0.0168. The van der Waals surface area contributed by atoms with Gasteiger partial charge >= 0.3 is 6.03 Å². The number of halogens is 2. The molecule has 0 spiro atoms. The first kappa shape index (κ1) is 22.6. The summed E-state index contributed by atoms with van der Waals surface area (Å²) in [6, 6.07) is 10.2. The second-order valence-corrected chi connectivity index (χ2v) is 8.75. The molecule has 2 aliphatic rings. The van der Waals surface area contributed by atoms with E-state index >= 15 is 0 Å². The average molecular weight is 486 g/mol. The van der Waals surface area contributed by atoms with E-state index in [1.54, 1.807) is 6.07 Å². The zero-order valence-electron chi connectivity index (χ0n) is 18.5. The highest BCUT2D eigenvalue weighted by Gasteiger charge is 2.28. The normalized spacial score (nSPS) is 17.1. The molecule has 2 fully saturated rings. The number of amides is 2. The number of aromatic nitrogens is 2. The summed E-state index contributed by atoms with van der Waals surface area (Å²) < 4.78 is 25.1. The van der Waals surface area contributed by atoms with Crippen molar-refractivity contribution in [2.45, 2.75) is 18.9 Å². The number of morpholine rings is 1. The number of benzene rings is 2. The van der Waals surface area contributed by atoms with Gasteiger partial charge in [-0.05, 0) is 36.4 Å². The summed E-state index contributed by atoms with van der Waals surface area (Å²) in [5.74, 6) is 0.803. The molecule has 0 atom stereocenters. The van der Waals surface area contributed by atoms with Gasteiger partial charge in [-0.25, -0.2) is 19.2 Å². The third kappa shape index (κ3) is 5.00. The van der Waals surface area contributed by atoms with E-state index in [-0.39, 0.29) is 17.2 Å². The maximum Gasteiger partial charge on any atom is 0.320 e. The van der Waals surface area contributed by atoms with Gasteiger partial charge in [0, 0.05) is 50.1 Å². The summed E-state index contributed by atoms with van der Waals surface area (Å²) in [5.41, 5.74) is 1.37. The maximum atomic E-state index is 13.5. The van der Waals surface area contributed by atoms with Crippen LogP contribution in [0, 0.1) is 5.82 Å². The van der Waals surface area contributed by atoms with Crippen LogP contribution in [0.25, 0.3) is 10.9 Å². The van der Waals surface area contributed by atoms with Crippen molar-refractivity contribution >= 4 is 40.0 Å². The van der Waals surface area contributed by atoms with Crippen LogP contribution in [0.15, 0.2) is 42.7 Å². The highest BCUT2D eigenvalue weighted by atomic mass is 35.5. The molecule has 3 heterocycles. The molecule has 2 saturated heterocycles. The Morgan fingerprint density at radius 2 is 1.82 bits per heavy atom. The lowest BCUT2D eigenvalue weighted by molar-refractivity contribution is 0.0360. The third-order valence-corrected chi connectivity index (χ3v) is 6.38. The first-order chi connectivity index (χ1) is 16.6. The Balaban J connectivity index is 1.25. The van der Waals surface area contributed by atoms with Gasteiger partial charge in [0.1, 0.15) is 29.8 Å². The Morgan fingerprint density at radius 3 is 2.59 bits per heavy atom. The van der Waals surface area contributed by atoms with Crippen molar-refractivity contribution in [3.63, 3.8) is 0 Å². The number of anilines is 2. The zero-order chi connectivity index (χ0) is 23.5. The summed E-state index contributed by atoms with van der Waals surface area (Å²) >= 11 is 5.91. The zero-order valence-corrected chi connectivity index (χ0v) is 19.3. The molecule has 2 aliphatic heterocycles. The van der Waals surface area contributed by atoms with Crippen molar-refractivity contribution in [2.75, 3.05) is 44.7 Å². The van der Waals surface area contributed by atoms with E-state index in [0.29, 0.717) is 56.6 Å². The van der Waals surface area contributed by atoms with Crippen LogP contribution in [0.5, 0.6) is 5.75 Å². The number of carbonyl (C=O) groups is 1. The lowest BCUT2D eigenvalue weighted by Gasteiger charge is -2.37. The fourth-order valence-corrected chi connectivity index (χ4v) is 4.41. The number of nitrogens with one attached hydrogen (secondary N) is 1. The fourth-order valence-electron chi connectivity index (χ4n) is 4.23. The lowest BCUT2D eigenvalue weighted by Crippen LogP contribution is -2.51. The third-order valence-electron chi connectivity index (χ3n) is 6.09. The molecule has 1 aromatic heterocycles. The van der Waals surface area contributed by atoms with Crippen molar-refractivity contribution in [3.8, 4) is 5.75 Å². The second-order valence-electron chi connectivity index (χ2n) is 8.34. The second kappa shape index (κ2) is 9.99. The topological polar surface area (TPSA) is 79.8 Å². The molecule has 10 heteroatoms. The first-order valence-corrected chi connectivity index (χ1v) is 11.7. The molecule has 2 amide bonds. The van der Waals surface area contributed by atoms with Gasteiger partial charge < -0.3 is 24.6 Å². The average Bonchev–Trinajstić information content (AvgIpc) is 2.87. The molecule has 34 heavy (non-hydrogen) atoms.